The molecule has 152 valence electrons. The number of hydrogen-bond donors (Lipinski definition) is 1. The molecule has 9 heteroatoms. The van der Waals surface area contributed by atoms with Gasteiger partial charge in [0.2, 0.25) is 11.8 Å². The molecule has 0 aliphatic carbocycles. The van der Waals surface area contributed by atoms with E-state index in [4.69, 9.17) is 13.2 Å². The van der Waals surface area contributed by atoms with Crippen molar-refractivity contribution in [3.05, 3.63) is 37.1 Å². The molecule has 0 aromatic carbocycles. The Morgan fingerprint density at radius 3 is 2.31 bits per heavy atom. The number of allylic oxidation sites excluding steroid dienone is 3. The van der Waals surface area contributed by atoms with E-state index in [9.17, 15) is 13.5 Å². The van der Waals surface area contributed by atoms with Gasteiger partial charge in [-0.15, -0.1) is 6.58 Å². The summed E-state index contributed by atoms with van der Waals surface area (Å²) >= 11 is 0. The SMILES string of the molecule is C.C=C(/C=C\CC)OCC1CCC(=O)NC1=O.C=CC.COS(=O)(=O)F. The molecule has 0 aromatic heterocycles. The maximum atomic E-state index is 11.4. The average Bonchev–Trinajstić information content (AvgIpc) is 2.52. The van der Waals surface area contributed by atoms with E-state index in [2.05, 4.69) is 22.7 Å². The lowest BCUT2D eigenvalue weighted by atomic mass is 9.99. The monoisotopic (exact) mass is 395 g/mol. The zero-order valence-corrected chi connectivity index (χ0v) is 15.6. The molecule has 1 N–H and O–H groups in total. The van der Waals surface area contributed by atoms with E-state index >= 15 is 0 Å². The molecule has 1 unspecified atom stereocenters. The Labute approximate surface area is 156 Å². The van der Waals surface area contributed by atoms with Gasteiger partial charge in [0.25, 0.3) is 0 Å². The highest BCUT2D eigenvalue weighted by molar-refractivity contribution is 7.81. The van der Waals surface area contributed by atoms with Crippen molar-refractivity contribution in [1.29, 1.82) is 0 Å². The molecule has 2 amide bonds. The second-order valence-electron chi connectivity index (χ2n) is 4.70. The fourth-order valence-electron chi connectivity index (χ4n) is 1.40. The van der Waals surface area contributed by atoms with Crippen molar-refractivity contribution in [3.63, 3.8) is 0 Å². The number of amides is 2. The predicted molar refractivity (Wildman–Crippen MR) is 100 cm³/mol. The summed E-state index contributed by atoms with van der Waals surface area (Å²) in [6, 6.07) is 0. The number of hydrogen-bond acceptors (Lipinski definition) is 6. The van der Waals surface area contributed by atoms with Crippen LogP contribution < -0.4 is 5.32 Å². The van der Waals surface area contributed by atoms with E-state index in [-0.39, 0.29) is 31.8 Å². The Balaban J connectivity index is -0.000000445. The van der Waals surface area contributed by atoms with E-state index < -0.39 is 10.5 Å². The lowest BCUT2D eigenvalue weighted by Crippen LogP contribution is -2.42. The summed E-state index contributed by atoms with van der Waals surface area (Å²) in [4.78, 5) is 22.3. The van der Waals surface area contributed by atoms with Gasteiger partial charge < -0.3 is 4.74 Å². The second-order valence-corrected chi connectivity index (χ2v) is 5.82. The fraction of sp³-hybridized carbons (Fsp3) is 0.529. The zero-order chi connectivity index (χ0) is 19.9. The molecule has 0 saturated carbocycles. The van der Waals surface area contributed by atoms with Gasteiger partial charge in [0.05, 0.1) is 19.6 Å². The highest BCUT2D eigenvalue weighted by atomic mass is 32.3. The number of piperidine rings is 1. The van der Waals surface area contributed by atoms with E-state index in [0.29, 0.717) is 18.6 Å². The van der Waals surface area contributed by atoms with Gasteiger partial charge in [-0.2, -0.15) is 8.42 Å². The van der Waals surface area contributed by atoms with E-state index in [1.165, 1.54) is 0 Å². The first kappa shape index (κ1) is 28.8. The van der Waals surface area contributed by atoms with Crippen LogP contribution in [0.1, 0.15) is 40.5 Å². The minimum absolute atomic E-state index is 0. The third kappa shape index (κ3) is 18.3. The van der Waals surface area contributed by atoms with Gasteiger partial charge in [-0.3, -0.25) is 14.9 Å². The van der Waals surface area contributed by atoms with Crippen molar-refractivity contribution in [1.82, 2.24) is 5.32 Å². The highest BCUT2D eigenvalue weighted by Crippen LogP contribution is 2.14. The summed E-state index contributed by atoms with van der Waals surface area (Å²) in [6.45, 7) is 11.3. The van der Waals surface area contributed by atoms with Crippen molar-refractivity contribution >= 4 is 22.3 Å². The van der Waals surface area contributed by atoms with Crippen LogP contribution in [0.4, 0.5) is 3.89 Å². The molecule has 1 fully saturated rings. The average molecular weight is 395 g/mol. The normalized spacial score (nSPS) is 16.1. The summed E-state index contributed by atoms with van der Waals surface area (Å²) in [5, 5.41) is 2.29. The fourth-order valence-corrected chi connectivity index (χ4v) is 1.40. The molecule has 0 bridgehead atoms. The molecule has 1 heterocycles. The topological polar surface area (TPSA) is 98.8 Å². The first-order valence-electron chi connectivity index (χ1n) is 7.50. The molecule has 1 rings (SSSR count). The van der Waals surface area contributed by atoms with Crippen molar-refractivity contribution in [2.24, 2.45) is 5.92 Å². The first-order valence-corrected chi connectivity index (χ1v) is 8.81. The van der Waals surface area contributed by atoms with Crippen molar-refractivity contribution in [3.8, 4) is 0 Å². The minimum Gasteiger partial charge on any atom is -0.493 e. The Hall–Kier alpha value is -2.00. The van der Waals surface area contributed by atoms with Crippen molar-refractivity contribution in [2.45, 2.75) is 40.5 Å². The number of rotatable bonds is 6. The van der Waals surface area contributed by atoms with Crippen LogP contribution >= 0.6 is 0 Å². The molecular weight excluding hydrogens is 365 g/mol. The van der Waals surface area contributed by atoms with Crippen LogP contribution in [0.5, 0.6) is 0 Å². The number of ether oxygens (including phenoxy) is 1. The predicted octanol–water partition coefficient (Wildman–Crippen LogP) is 3.21. The van der Waals surface area contributed by atoms with E-state index in [0.717, 1.165) is 13.5 Å². The van der Waals surface area contributed by atoms with Crippen molar-refractivity contribution in [2.75, 3.05) is 13.7 Å². The third-order valence-corrected chi connectivity index (χ3v) is 2.96. The molecule has 1 atom stereocenters. The quantitative estimate of drug-likeness (QED) is 0.244. The van der Waals surface area contributed by atoms with Gasteiger partial charge in [0.15, 0.2) is 0 Å². The molecule has 26 heavy (non-hydrogen) atoms. The maximum absolute atomic E-state index is 11.4. The summed E-state index contributed by atoms with van der Waals surface area (Å²) in [5.74, 6) is -0.148. The lowest BCUT2D eigenvalue weighted by Gasteiger charge is -2.20. The molecule has 7 nitrogen and oxygen atoms in total. The van der Waals surface area contributed by atoms with Gasteiger partial charge in [0, 0.05) is 6.42 Å². The van der Waals surface area contributed by atoms with Crippen LogP contribution in [0.3, 0.4) is 0 Å². The smallest absolute Gasteiger partial charge is 0.437 e. The van der Waals surface area contributed by atoms with Gasteiger partial charge in [-0.25, -0.2) is 4.18 Å². The Morgan fingerprint density at radius 1 is 1.42 bits per heavy atom. The van der Waals surface area contributed by atoms with Crippen LogP contribution in [-0.4, -0.2) is 33.9 Å². The number of carbonyl (C=O) groups is 2. The van der Waals surface area contributed by atoms with Gasteiger partial charge in [-0.1, -0.05) is 37.0 Å². The highest BCUT2D eigenvalue weighted by Gasteiger charge is 2.26. The number of nitrogens with one attached hydrogen (secondary N) is 1. The molecule has 0 radical (unpaired) electrons. The molecule has 0 aromatic rings. The summed E-state index contributed by atoms with van der Waals surface area (Å²) in [5.41, 5.74) is 0. The van der Waals surface area contributed by atoms with Crippen LogP contribution in [0, 0.1) is 5.92 Å². The van der Waals surface area contributed by atoms with Crippen LogP contribution in [0.15, 0.2) is 37.1 Å². The molecule has 1 aliphatic rings. The van der Waals surface area contributed by atoms with Crippen molar-refractivity contribution < 1.29 is 30.8 Å². The Morgan fingerprint density at radius 2 is 1.92 bits per heavy atom. The summed E-state index contributed by atoms with van der Waals surface area (Å²) in [7, 11) is -3.92. The van der Waals surface area contributed by atoms with Crippen LogP contribution in [-0.2, 0) is 29.0 Å². The van der Waals surface area contributed by atoms with Crippen LogP contribution in [0.25, 0.3) is 0 Å². The first-order chi connectivity index (χ1) is 11.6. The molecular formula is C17H30FNO6S. The minimum atomic E-state index is -4.66. The Kier molecular flexibility index (Phi) is 18.2. The summed E-state index contributed by atoms with van der Waals surface area (Å²) < 4.78 is 37.7. The largest absolute Gasteiger partial charge is 0.493 e. The molecule has 0 spiro atoms. The lowest BCUT2D eigenvalue weighted by molar-refractivity contribution is -0.137. The van der Waals surface area contributed by atoms with Gasteiger partial charge >= 0.3 is 10.5 Å². The molecule has 1 aliphatic heterocycles. The summed E-state index contributed by atoms with van der Waals surface area (Å²) in [6.07, 6.45) is 7.33. The zero-order valence-electron chi connectivity index (χ0n) is 14.8. The number of imide groups is 1. The second kappa shape index (κ2) is 16.5. The van der Waals surface area contributed by atoms with E-state index in [1.807, 2.05) is 19.9 Å². The molecule has 1 saturated heterocycles. The standard InChI is InChI=1S/C12H17NO3.C3H6.CH3FO3S.CH4/c1-3-4-5-9(2)16-8-10-6-7-11(14)13-12(10)15;1-3-2;1-5-6(2,3)4;/h4-5,10H,2-3,6-8H2,1H3,(H,13,14,15);3H,1H2,2H3;1H3;1H4/b5-4-;;;. The van der Waals surface area contributed by atoms with Gasteiger partial charge in [-0.05, 0) is 25.8 Å². The third-order valence-electron chi connectivity index (χ3n) is 2.56. The number of halogens is 1. The Bertz CT molecular complexity index is 572. The van der Waals surface area contributed by atoms with Gasteiger partial charge in [0.1, 0.15) is 5.76 Å². The maximum Gasteiger partial charge on any atom is 0.437 e. The van der Waals surface area contributed by atoms with Crippen LogP contribution in [0.2, 0.25) is 0 Å². The van der Waals surface area contributed by atoms with E-state index in [1.54, 1.807) is 12.2 Å². The number of carbonyl (C=O) groups excluding carboxylic acids is 2.